The highest BCUT2D eigenvalue weighted by Crippen LogP contribution is 2.29. The van der Waals surface area contributed by atoms with Crippen molar-refractivity contribution in [3.63, 3.8) is 0 Å². The molecule has 0 aliphatic carbocycles. The maximum absolute atomic E-state index is 12.3. The molecule has 1 aromatic heterocycles. The van der Waals surface area contributed by atoms with E-state index in [-0.39, 0.29) is 0 Å². The van der Waals surface area contributed by atoms with Gasteiger partial charge in [-0.25, -0.2) is 4.79 Å². The van der Waals surface area contributed by atoms with Gasteiger partial charge in [-0.3, -0.25) is 4.79 Å². The average Bonchev–Trinajstić information content (AvgIpc) is 3.05. The SMILES string of the molecule is O=C(NC1(C(=O)O)CCSC1)c1coc2ccccc12. The lowest BCUT2D eigenvalue weighted by atomic mass is 9.98. The lowest BCUT2D eigenvalue weighted by Gasteiger charge is -2.24. The van der Waals surface area contributed by atoms with Crippen LogP contribution < -0.4 is 5.32 Å². The monoisotopic (exact) mass is 291 g/mol. The number of para-hydroxylation sites is 1. The molecule has 20 heavy (non-hydrogen) atoms. The van der Waals surface area contributed by atoms with E-state index in [0.29, 0.717) is 28.7 Å². The third-order valence-corrected chi connectivity index (χ3v) is 4.70. The summed E-state index contributed by atoms with van der Waals surface area (Å²) in [6.07, 6.45) is 1.81. The van der Waals surface area contributed by atoms with Gasteiger partial charge >= 0.3 is 5.97 Å². The Morgan fingerprint density at radius 3 is 2.85 bits per heavy atom. The third kappa shape index (κ3) is 2.06. The molecule has 1 aliphatic rings. The van der Waals surface area contributed by atoms with Crippen LogP contribution in [0.2, 0.25) is 0 Å². The minimum Gasteiger partial charge on any atom is -0.479 e. The van der Waals surface area contributed by atoms with Gasteiger partial charge in [-0.15, -0.1) is 0 Å². The molecule has 0 spiro atoms. The van der Waals surface area contributed by atoms with Crippen LogP contribution in [-0.2, 0) is 4.79 Å². The van der Waals surface area contributed by atoms with Crippen molar-refractivity contribution in [3.05, 3.63) is 36.1 Å². The van der Waals surface area contributed by atoms with Gasteiger partial charge in [0.1, 0.15) is 17.4 Å². The number of benzene rings is 1. The first-order chi connectivity index (χ1) is 9.62. The van der Waals surface area contributed by atoms with E-state index in [2.05, 4.69) is 5.32 Å². The molecule has 3 rings (SSSR count). The number of amides is 1. The van der Waals surface area contributed by atoms with E-state index in [1.165, 1.54) is 18.0 Å². The summed E-state index contributed by atoms with van der Waals surface area (Å²) in [5.41, 5.74) is -0.180. The minimum atomic E-state index is -1.17. The number of carboxylic acid groups (broad SMARTS) is 1. The Morgan fingerprint density at radius 2 is 2.15 bits per heavy atom. The number of carboxylic acids is 1. The van der Waals surface area contributed by atoms with Crippen molar-refractivity contribution in [2.24, 2.45) is 0 Å². The highest BCUT2D eigenvalue weighted by atomic mass is 32.2. The maximum Gasteiger partial charge on any atom is 0.330 e. The molecule has 2 heterocycles. The van der Waals surface area contributed by atoms with E-state index in [1.54, 1.807) is 12.1 Å². The van der Waals surface area contributed by atoms with Crippen LogP contribution in [-0.4, -0.2) is 34.0 Å². The summed E-state index contributed by atoms with van der Waals surface area (Å²) in [4.78, 5) is 23.8. The summed E-state index contributed by atoms with van der Waals surface area (Å²) in [6.45, 7) is 0. The van der Waals surface area contributed by atoms with Gasteiger partial charge in [0.05, 0.1) is 5.56 Å². The van der Waals surface area contributed by atoms with Crippen molar-refractivity contribution in [1.29, 1.82) is 0 Å². The van der Waals surface area contributed by atoms with Crippen molar-refractivity contribution >= 4 is 34.6 Å². The Labute approximate surface area is 119 Å². The number of rotatable bonds is 3. The van der Waals surface area contributed by atoms with E-state index in [1.807, 2.05) is 12.1 Å². The Bertz CT molecular complexity index is 673. The fourth-order valence-electron chi connectivity index (χ4n) is 2.32. The molecule has 1 atom stereocenters. The number of thioether (sulfide) groups is 1. The van der Waals surface area contributed by atoms with Crippen molar-refractivity contribution < 1.29 is 19.1 Å². The molecule has 0 saturated carbocycles. The lowest BCUT2D eigenvalue weighted by Crippen LogP contribution is -2.54. The second kappa shape index (κ2) is 4.86. The van der Waals surface area contributed by atoms with Crippen LogP contribution in [0.3, 0.4) is 0 Å². The molecule has 1 aliphatic heterocycles. The van der Waals surface area contributed by atoms with Crippen molar-refractivity contribution in [3.8, 4) is 0 Å². The van der Waals surface area contributed by atoms with Crippen LogP contribution in [0.15, 0.2) is 34.9 Å². The fourth-order valence-corrected chi connectivity index (χ4v) is 3.65. The smallest absolute Gasteiger partial charge is 0.330 e. The van der Waals surface area contributed by atoms with Gasteiger partial charge in [0, 0.05) is 11.1 Å². The summed E-state index contributed by atoms with van der Waals surface area (Å²) >= 11 is 1.53. The van der Waals surface area contributed by atoms with Crippen LogP contribution in [0, 0.1) is 0 Å². The molecular weight excluding hydrogens is 278 g/mol. The third-order valence-electron chi connectivity index (χ3n) is 3.51. The average molecular weight is 291 g/mol. The number of nitrogens with one attached hydrogen (secondary N) is 1. The molecule has 104 valence electrons. The van der Waals surface area contributed by atoms with Gasteiger partial charge in [0.15, 0.2) is 0 Å². The second-order valence-corrected chi connectivity index (χ2v) is 5.89. The van der Waals surface area contributed by atoms with E-state index >= 15 is 0 Å². The molecule has 2 N–H and O–H groups in total. The maximum atomic E-state index is 12.3. The molecule has 6 heteroatoms. The number of hydrogen-bond acceptors (Lipinski definition) is 4. The molecule has 1 aromatic carbocycles. The Hall–Kier alpha value is -1.95. The first kappa shape index (κ1) is 13.1. The molecule has 1 unspecified atom stereocenters. The second-order valence-electron chi connectivity index (χ2n) is 4.79. The number of furan rings is 1. The van der Waals surface area contributed by atoms with Crippen molar-refractivity contribution in [2.45, 2.75) is 12.0 Å². The van der Waals surface area contributed by atoms with Gasteiger partial charge in [0.2, 0.25) is 0 Å². The highest BCUT2D eigenvalue weighted by molar-refractivity contribution is 7.99. The van der Waals surface area contributed by atoms with Gasteiger partial charge in [-0.2, -0.15) is 11.8 Å². The molecular formula is C14H13NO4S. The van der Waals surface area contributed by atoms with Crippen LogP contribution in [0.1, 0.15) is 16.8 Å². The first-order valence-electron chi connectivity index (χ1n) is 6.22. The highest BCUT2D eigenvalue weighted by Gasteiger charge is 2.43. The van der Waals surface area contributed by atoms with Crippen LogP contribution in [0.25, 0.3) is 11.0 Å². The Balaban J connectivity index is 1.91. The number of fused-ring (bicyclic) bond motifs is 1. The lowest BCUT2D eigenvalue weighted by molar-refractivity contribution is -0.143. The van der Waals surface area contributed by atoms with Gasteiger partial charge in [-0.05, 0) is 18.2 Å². The summed E-state index contributed by atoms with van der Waals surface area (Å²) < 4.78 is 5.31. The molecule has 2 aromatic rings. The van der Waals surface area contributed by atoms with E-state index in [4.69, 9.17) is 4.42 Å². The predicted octanol–water partition coefficient (Wildman–Crippen LogP) is 2.12. The largest absolute Gasteiger partial charge is 0.479 e. The zero-order chi connectivity index (χ0) is 14.2. The van der Waals surface area contributed by atoms with Gasteiger partial charge in [0.25, 0.3) is 5.91 Å². The Morgan fingerprint density at radius 1 is 1.35 bits per heavy atom. The number of carbonyl (C=O) groups excluding carboxylic acids is 1. The van der Waals surface area contributed by atoms with Crippen LogP contribution >= 0.6 is 11.8 Å². The topological polar surface area (TPSA) is 79.5 Å². The zero-order valence-corrected chi connectivity index (χ0v) is 11.4. The van der Waals surface area contributed by atoms with Crippen molar-refractivity contribution in [2.75, 3.05) is 11.5 Å². The summed E-state index contributed by atoms with van der Waals surface area (Å²) in [5, 5.41) is 12.7. The molecule has 1 saturated heterocycles. The molecule has 0 bridgehead atoms. The van der Waals surface area contributed by atoms with Crippen LogP contribution in [0.4, 0.5) is 0 Å². The van der Waals surface area contributed by atoms with Crippen LogP contribution in [0.5, 0.6) is 0 Å². The first-order valence-corrected chi connectivity index (χ1v) is 7.38. The molecule has 0 radical (unpaired) electrons. The molecule has 1 fully saturated rings. The quantitative estimate of drug-likeness (QED) is 0.905. The predicted molar refractivity (Wildman–Crippen MR) is 76.0 cm³/mol. The van der Waals surface area contributed by atoms with E-state index in [0.717, 1.165) is 5.75 Å². The van der Waals surface area contributed by atoms with E-state index < -0.39 is 17.4 Å². The van der Waals surface area contributed by atoms with Crippen molar-refractivity contribution in [1.82, 2.24) is 5.32 Å². The molecule has 1 amide bonds. The fraction of sp³-hybridized carbons (Fsp3) is 0.286. The number of hydrogen-bond donors (Lipinski definition) is 2. The standard InChI is InChI=1S/C14H13NO4S/c16-12(15-14(13(17)18)5-6-20-8-14)10-7-19-11-4-2-1-3-9(10)11/h1-4,7H,5-6,8H2,(H,15,16)(H,17,18). The summed E-state index contributed by atoms with van der Waals surface area (Å²) in [6, 6.07) is 7.18. The van der Waals surface area contributed by atoms with Gasteiger partial charge < -0.3 is 14.8 Å². The zero-order valence-electron chi connectivity index (χ0n) is 10.6. The normalized spacial score (nSPS) is 22.0. The molecule has 5 nitrogen and oxygen atoms in total. The number of aliphatic carboxylic acids is 1. The van der Waals surface area contributed by atoms with E-state index in [9.17, 15) is 14.7 Å². The summed E-state index contributed by atoms with van der Waals surface area (Å²) in [7, 11) is 0. The van der Waals surface area contributed by atoms with Gasteiger partial charge in [-0.1, -0.05) is 18.2 Å². The number of carbonyl (C=O) groups is 2. The summed E-state index contributed by atoms with van der Waals surface area (Å²) in [5.74, 6) is -0.258. The minimum absolute atomic E-state index is 0.373. The Kier molecular flexibility index (Phi) is 3.17.